The topological polar surface area (TPSA) is 280 Å². The van der Waals surface area contributed by atoms with E-state index in [0.717, 1.165) is 38.5 Å². The van der Waals surface area contributed by atoms with Gasteiger partial charge in [-0.15, -0.1) is 6.58 Å². The van der Waals surface area contributed by atoms with Crippen LogP contribution < -0.4 is 0 Å². The lowest BCUT2D eigenvalue weighted by Crippen LogP contribution is -2.65. The van der Waals surface area contributed by atoms with E-state index in [-0.39, 0.29) is 45.6 Å². The predicted molar refractivity (Wildman–Crippen MR) is 358 cm³/mol. The molecule has 15 unspecified atom stereocenters. The van der Waals surface area contributed by atoms with E-state index in [9.17, 15) is 43.8 Å². The van der Waals surface area contributed by atoms with Crippen LogP contribution in [0.5, 0.6) is 0 Å². The van der Waals surface area contributed by atoms with Crippen molar-refractivity contribution in [2.24, 2.45) is 5.92 Å². The van der Waals surface area contributed by atoms with Gasteiger partial charge >= 0.3 is 41.8 Å². The maximum atomic E-state index is 14.5. The first kappa shape index (κ1) is 73.0. The summed E-state index contributed by atoms with van der Waals surface area (Å²) in [5.41, 5.74) is 0.730. The van der Waals surface area contributed by atoms with Crippen LogP contribution in [0.25, 0.3) is 0 Å². The summed E-state index contributed by atoms with van der Waals surface area (Å²) in [6.45, 7) is 3.40. The molecule has 2 N–H and O–H groups in total. The number of ether oxygens (including phenoxy) is 13. The van der Waals surface area contributed by atoms with Gasteiger partial charge < -0.3 is 71.8 Å². The summed E-state index contributed by atoms with van der Waals surface area (Å²) in [7, 11) is 0. The van der Waals surface area contributed by atoms with Crippen LogP contribution in [0, 0.1) is 5.92 Å². The molecule has 3 saturated heterocycles. The van der Waals surface area contributed by atoms with Gasteiger partial charge in [-0.2, -0.15) is 0 Å². The van der Waals surface area contributed by atoms with Crippen LogP contribution in [0.15, 0.2) is 225 Å². The standard InChI is InChI=1S/C78H80O22/c1-3-4-5-6-7-8-9-31-46-88-77-62(80)66(100-76-50(2)63(95-71(83)53-36-21-12-22-37-53)64(96-72(84)54-38-23-13-24-39-54)59(93-76)48-89-69(81)51-32-17-10-18-33-51)61(79)58(92-77)47-91-78-68(99-75(87)57-44-29-16-30-45-57)67(98-74(86)56-42-27-15-28-43-56)65(97-73(85)55-40-25-14-26-41-55)60(94-78)49-90-70(82)52-34-19-11-20-35-52/h3,10-30,32-45,50,58-68,76-80H,1,4-9,31,46-49H2,2H3. The van der Waals surface area contributed by atoms with Crippen molar-refractivity contribution < 1.29 is 105 Å². The number of hydrogen-bond acceptors (Lipinski definition) is 22. The van der Waals surface area contributed by atoms with Crippen molar-refractivity contribution in [3.05, 3.63) is 264 Å². The Hall–Kier alpha value is -9.75. The highest BCUT2D eigenvalue weighted by molar-refractivity contribution is 5.93. The van der Waals surface area contributed by atoms with E-state index in [1.807, 2.05) is 6.08 Å². The zero-order valence-electron chi connectivity index (χ0n) is 55.0. The molecule has 0 aromatic heterocycles. The Kier molecular flexibility index (Phi) is 26.9. The largest absolute Gasteiger partial charge is 0.459 e. The van der Waals surface area contributed by atoms with Gasteiger partial charge in [0.25, 0.3) is 0 Å². The maximum Gasteiger partial charge on any atom is 0.338 e. The number of hydrogen-bond donors (Lipinski definition) is 2. The highest BCUT2D eigenvalue weighted by Crippen LogP contribution is 2.38. The average Bonchev–Trinajstić information content (AvgIpc) is 0.779. The fraction of sp³-hybridized carbons (Fsp3) is 0.346. The van der Waals surface area contributed by atoms with Gasteiger partial charge in [0, 0.05) is 12.5 Å². The molecule has 7 aromatic rings. The van der Waals surface area contributed by atoms with E-state index in [0.29, 0.717) is 6.42 Å². The van der Waals surface area contributed by atoms with Crippen LogP contribution in [-0.4, -0.2) is 164 Å². The van der Waals surface area contributed by atoms with E-state index in [1.54, 1.807) is 134 Å². The molecule has 3 fully saturated rings. The lowest BCUT2D eigenvalue weighted by Gasteiger charge is -2.48. The predicted octanol–water partition coefficient (Wildman–Crippen LogP) is 10.7. The molecule has 10 rings (SSSR count). The summed E-state index contributed by atoms with van der Waals surface area (Å²) in [6, 6.07) is 55.5. The molecule has 0 aliphatic carbocycles. The van der Waals surface area contributed by atoms with E-state index in [4.69, 9.17) is 61.6 Å². The highest BCUT2D eigenvalue weighted by atomic mass is 16.8. The minimum Gasteiger partial charge on any atom is -0.459 e. The maximum absolute atomic E-state index is 14.5. The van der Waals surface area contributed by atoms with Crippen molar-refractivity contribution in [1.29, 1.82) is 0 Å². The Morgan fingerprint density at radius 3 is 1.09 bits per heavy atom. The van der Waals surface area contributed by atoms with Gasteiger partial charge in [0.1, 0.15) is 55.9 Å². The smallest absolute Gasteiger partial charge is 0.338 e. The fourth-order valence-corrected chi connectivity index (χ4v) is 11.6. The molecule has 0 spiro atoms. The Morgan fingerprint density at radius 2 is 0.680 bits per heavy atom. The van der Waals surface area contributed by atoms with Crippen LogP contribution >= 0.6 is 0 Å². The quantitative estimate of drug-likeness (QED) is 0.0177. The van der Waals surface area contributed by atoms with Gasteiger partial charge in [-0.25, -0.2) is 33.6 Å². The summed E-state index contributed by atoms with van der Waals surface area (Å²) >= 11 is 0. The second-order valence-electron chi connectivity index (χ2n) is 24.1. The highest BCUT2D eigenvalue weighted by Gasteiger charge is 2.57. The summed E-state index contributed by atoms with van der Waals surface area (Å²) in [5.74, 6) is -7.26. The van der Waals surface area contributed by atoms with Crippen molar-refractivity contribution in [2.45, 2.75) is 138 Å². The normalized spacial score (nSPS) is 24.8. The van der Waals surface area contributed by atoms with Gasteiger partial charge in [0.2, 0.25) is 0 Å². The molecule has 3 heterocycles. The molecule has 3 aliphatic heterocycles. The third-order valence-corrected chi connectivity index (χ3v) is 17.0. The minimum absolute atomic E-state index is 0.0346. The van der Waals surface area contributed by atoms with Gasteiger partial charge in [-0.3, -0.25) is 0 Å². The number of carbonyl (C=O) groups is 7. The lowest BCUT2D eigenvalue weighted by molar-refractivity contribution is -0.359. The molecule has 0 radical (unpaired) electrons. The SMILES string of the molecule is C=CCCCCCCCCOC1OC(COC2OC(COC(=O)c3ccccc3)C(OC(=O)c3ccccc3)C(OC(=O)c3ccccc3)C2OC(=O)c2ccccc2)C(O)C(OC2OC(COC(=O)c3ccccc3)C(OC(=O)c3ccccc3)C(OC(=O)c3ccccc3)C2C)C1O. The van der Waals surface area contributed by atoms with E-state index < -0.39 is 154 Å². The van der Waals surface area contributed by atoms with Gasteiger partial charge in [0.05, 0.1) is 45.6 Å². The summed E-state index contributed by atoms with van der Waals surface area (Å²) in [6.07, 6.45) is -15.7. The van der Waals surface area contributed by atoms with Gasteiger partial charge in [-0.1, -0.05) is 166 Å². The molecule has 524 valence electrons. The number of aliphatic hydroxyl groups excluding tert-OH is 2. The van der Waals surface area contributed by atoms with Crippen LogP contribution in [0.1, 0.15) is 124 Å². The van der Waals surface area contributed by atoms with Gasteiger partial charge in [0.15, 0.2) is 43.3 Å². The van der Waals surface area contributed by atoms with Crippen LogP contribution in [0.4, 0.5) is 0 Å². The second kappa shape index (κ2) is 36.9. The third kappa shape index (κ3) is 19.8. The summed E-state index contributed by atoms with van der Waals surface area (Å²) < 4.78 is 82.4. The molecular weight excluding hydrogens is 1290 g/mol. The second-order valence-corrected chi connectivity index (χ2v) is 24.1. The first-order valence-electron chi connectivity index (χ1n) is 33.3. The van der Waals surface area contributed by atoms with Crippen molar-refractivity contribution in [3.8, 4) is 0 Å². The molecule has 0 saturated carbocycles. The monoisotopic (exact) mass is 1370 g/mol. The first-order valence-corrected chi connectivity index (χ1v) is 33.3. The van der Waals surface area contributed by atoms with Crippen LogP contribution in [-0.2, 0) is 61.6 Å². The third-order valence-electron chi connectivity index (χ3n) is 17.0. The Bertz CT molecular complexity index is 3740. The number of aliphatic hydroxyl groups is 2. The molecular formula is C78H80O22. The van der Waals surface area contributed by atoms with E-state index in [1.165, 1.54) is 84.9 Å². The molecule has 3 aliphatic rings. The molecule has 0 amide bonds. The van der Waals surface area contributed by atoms with Crippen molar-refractivity contribution in [1.82, 2.24) is 0 Å². The minimum atomic E-state index is -1.92. The zero-order valence-corrected chi connectivity index (χ0v) is 55.0. The first-order chi connectivity index (χ1) is 48.7. The van der Waals surface area contributed by atoms with E-state index in [2.05, 4.69) is 6.58 Å². The molecule has 15 atom stereocenters. The fourth-order valence-electron chi connectivity index (χ4n) is 11.6. The zero-order chi connectivity index (χ0) is 70.2. The van der Waals surface area contributed by atoms with Crippen molar-refractivity contribution >= 4 is 41.8 Å². The molecule has 7 aromatic carbocycles. The summed E-state index contributed by atoms with van der Waals surface area (Å²) in [4.78, 5) is 99.0. The summed E-state index contributed by atoms with van der Waals surface area (Å²) in [5, 5.41) is 25.3. The van der Waals surface area contributed by atoms with Crippen LogP contribution in [0.3, 0.4) is 0 Å². The number of unbranched alkanes of at least 4 members (excludes halogenated alkanes) is 6. The van der Waals surface area contributed by atoms with Crippen molar-refractivity contribution in [3.63, 3.8) is 0 Å². The Balaban J connectivity index is 0.998. The molecule has 100 heavy (non-hydrogen) atoms. The molecule has 22 nitrogen and oxygen atoms in total. The van der Waals surface area contributed by atoms with Crippen molar-refractivity contribution in [2.75, 3.05) is 26.4 Å². The number of esters is 7. The lowest BCUT2D eigenvalue weighted by atomic mass is 9.91. The number of rotatable bonds is 31. The number of allylic oxidation sites excluding steroid dienone is 1. The van der Waals surface area contributed by atoms with Gasteiger partial charge in [-0.05, 0) is 104 Å². The average molecular weight is 1370 g/mol. The number of carbonyl (C=O) groups excluding carboxylic acids is 7. The Morgan fingerprint density at radius 1 is 0.350 bits per heavy atom. The van der Waals surface area contributed by atoms with E-state index >= 15 is 0 Å². The molecule has 22 heteroatoms. The molecule has 0 bridgehead atoms. The van der Waals surface area contributed by atoms with Crippen LogP contribution in [0.2, 0.25) is 0 Å². The Labute approximate surface area is 578 Å². The number of benzene rings is 7.